The number of rotatable bonds is 3. The van der Waals surface area contributed by atoms with E-state index in [-0.39, 0.29) is 0 Å². The van der Waals surface area contributed by atoms with Gasteiger partial charge in [-0.2, -0.15) is 0 Å². The molecule has 3 aromatic rings. The monoisotopic (exact) mass is 325 g/mol. The summed E-state index contributed by atoms with van der Waals surface area (Å²) in [6.07, 6.45) is 5.24. The zero-order valence-corrected chi connectivity index (χ0v) is 14.5. The second-order valence-corrected chi connectivity index (χ2v) is 7.68. The average Bonchev–Trinajstić information content (AvgIpc) is 3.10. The van der Waals surface area contributed by atoms with Gasteiger partial charge in [0, 0.05) is 33.6 Å². The summed E-state index contributed by atoms with van der Waals surface area (Å²) in [6, 6.07) is 9.04. The van der Waals surface area contributed by atoms with Crippen molar-refractivity contribution in [1.82, 2.24) is 9.97 Å². The van der Waals surface area contributed by atoms with E-state index in [0.717, 1.165) is 16.7 Å². The van der Waals surface area contributed by atoms with Crippen molar-refractivity contribution in [1.29, 1.82) is 0 Å². The predicted molar refractivity (Wildman–Crippen MR) is 99.2 cm³/mol. The van der Waals surface area contributed by atoms with Crippen LogP contribution in [0.1, 0.15) is 38.3 Å². The van der Waals surface area contributed by atoms with E-state index < -0.39 is 0 Å². The van der Waals surface area contributed by atoms with Crippen molar-refractivity contribution in [3.05, 3.63) is 35.3 Å². The molecule has 0 radical (unpaired) electrons. The van der Waals surface area contributed by atoms with Crippen LogP contribution < -0.4 is 5.32 Å². The Morgan fingerprint density at radius 2 is 2.13 bits per heavy atom. The minimum atomic E-state index is 0.585. The number of aryl methyl sites for hydroxylation is 1. The molecule has 1 aromatic carbocycles. The molecule has 0 saturated heterocycles. The Morgan fingerprint density at radius 3 is 3.00 bits per heavy atom. The third kappa shape index (κ3) is 2.88. The molecule has 23 heavy (non-hydrogen) atoms. The summed E-state index contributed by atoms with van der Waals surface area (Å²) >= 11 is 1.72. The third-order valence-corrected chi connectivity index (χ3v) is 5.69. The minimum Gasteiger partial charge on any atom is -0.359 e. The summed E-state index contributed by atoms with van der Waals surface area (Å²) in [5.74, 6) is 0.830. The summed E-state index contributed by atoms with van der Waals surface area (Å²) in [6.45, 7) is 4.49. The lowest BCUT2D eigenvalue weighted by molar-refractivity contribution is 0.358. The summed E-state index contributed by atoms with van der Waals surface area (Å²) < 4.78 is 0. The van der Waals surface area contributed by atoms with Gasteiger partial charge in [0.1, 0.15) is 0 Å². The molecule has 2 N–H and O–H groups in total. The number of hydrogen-bond acceptors (Lipinski definition) is 3. The van der Waals surface area contributed by atoms with Crippen molar-refractivity contribution in [2.24, 2.45) is 5.92 Å². The number of aromatic amines is 1. The standard InChI is InChI=1S/C19H23N3S/c1-12-6-5-7-14(10-12)21-19-22-17(11-23-19)18-13(2)20-16-9-4-3-8-15(16)18/h3-4,8-9,11-12,14,20H,5-7,10H2,1-2H3,(H,21,22)/t12-,14-/m1/s1. The van der Waals surface area contributed by atoms with Gasteiger partial charge in [0.15, 0.2) is 5.13 Å². The molecule has 1 aliphatic rings. The first-order valence-corrected chi connectivity index (χ1v) is 9.38. The second kappa shape index (κ2) is 6.00. The maximum Gasteiger partial charge on any atom is 0.183 e. The zero-order chi connectivity index (χ0) is 15.8. The van der Waals surface area contributed by atoms with E-state index in [9.17, 15) is 0 Å². The molecule has 3 nitrogen and oxygen atoms in total. The molecular weight excluding hydrogens is 302 g/mol. The Bertz CT molecular complexity index is 817. The molecule has 0 bridgehead atoms. The molecule has 1 fully saturated rings. The number of nitrogens with zero attached hydrogens (tertiary/aromatic N) is 1. The van der Waals surface area contributed by atoms with Crippen LogP contribution in [-0.2, 0) is 0 Å². The topological polar surface area (TPSA) is 40.7 Å². The van der Waals surface area contributed by atoms with Gasteiger partial charge in [-0.25, -0.2) is 4.98 Å². The van der Waals surface area contributed by atoms with Crippen LogP contribution in [0.25, 0.3) is 22.2 Å². The van der Waals surface area contributed by atoms with Gasteiger partial charge < -0.3 is 10.3 Å². The fraction of sp³-hybridized carbons (Fsp3) is 0.421. The molecule has 0 amide bonds. The fourth-order valence-corrected chi connectivity index (χ4v) is 4.58. The highest BCUT2D eigenvalue weighted by Gasteiger charge is 2.20. The highest BCUT2D eigenvalue weighted by atomic mass is 32.1. The van der Waals surface area contributed by atoms with Crippen LogP contribution in [0.2, 0.25) is 0 Å². The van der Waals surface area contributed by atoms with Gasteiger partial charge in [0.2, 0.25) is 0 Å². The van der Waals surface area contributed by atoms with Gasteiger partial charge in [0.05, 0.1) is 5.69 Å². The number of para-hydroxylation sites is 1. The first kappa shape index (κ1) is 14.8. The molecule has 120 valence electrons. The van der Waals surface area contributed by atoms with Crippen LogP contribution in [0.3, 0.4) is 0 Å². The van der Waals surface area contributed by atoms with E-state index in [1.54, 1.807) is 11.3 Å². The molecule has 2 heterocycles. The van der Waals surface area contributed by atoms with Crippen LogP contribution >= 0.6 is 11.3 Å². The molecule has 0 spiro atoms. The molecule has 4 heteroatoms. The number of benzene rings is 1. The van der Waals surface area contributed by atoms with E-state index in [1.807, 2.05) is 0 Å². The first-order chi connectivity index (χ1) is 11.2. The van der Waals surface area contributed by atoms with E-state index in [1.165, 1.54) is 47.8 Å². The maximum absolute atomic E-state index is 4.87. The number of fused-ring (bicyclic) bond motifs is 1. The number of thiazole rings is 1. The number of anilines is 1. The number of hydrogen-bond donors (Lipinski definition) is 2. The summed E-state index contributed by atoms with van der Waals surface area (Å²) in [7, 11) is 0. The van der Waals surface area contributed by atoms with E-state index in [4.69, 9.17) is 4.98 Å². The highest BCUT2D eigenvalue weighted by molar-refractivity contribution is 7.14. The molecule has 0 unspecified atom stereocenters. The van der Waals surface area contributed by atoms with Crippen molar-refractivity contribution < 1.29 is 0 Å². The second-order valence-electron chi connectivity index (χ2n) is 6.82. The van der Waals surface area contributed by atoms with E-state index >= 15 is 0 Å². The molecule has 1 saturated carbocycles. The van der Waals surface area contributed by atoms with Crippen LogP contribution in [0.15, 0.2) is 29.6 Å². The normalized spacial score (nSPS) is 21.7. The lowest BCUT2D eigenvalue weighted by Gasteiger charge is -2.27. The Balaban J connectivity index is 1.61. The van der Waals surface area contributed by atoms with Crippen LogP contribution in [-0.4, -0.2) is 16.0 Å². The largest absolute Gasteiger partial charge is 0.359 e. The van der Waals surface area contributed by atoms with Gasteiger partial charge >= 0.3 is 0 Å². The Morgan fingerprint density at radius 1 is 1.26 bits per heavy atom. The predicted octanol–water partition coefficient (Wildman–Crippen LogP) is 5.59. The van der Waals surface area contributed by atoms with Gasteiger partial charge in [-0.3, -0.25) is 0 Å². The van der Waals surface area contributed by atoms with Gasteiger partial charge in [-0.1, -0.05) is 38.0 Å². The van der Waals surface area contributed by atoms with Crippen molar-refractivity contribution in [3.8, 4) is 11.3 Å². The average molecular weight is 325 g/mol. The molecular formula is C19H23N3S. The quantitative estimate of drug-likeness (QED) is 0.659. The molecule has 0 aliphatic heterocycles. The SMILES string of the molecule is Cc1[nH]c2ccccc2c1-c1csc(N[C@@H]2CCC[C@@H](C)C2)n1. The number of H-pyrrole nitrogens is 1. The van der Waals surface area contributed by atoms with E-state index in [0.29, 0.717) is 6.04 Å². The summed E-state index contributed by atoms with van der Waals surface area (Å²) in [4.78, 5) is 8.34. The van der Waals surface area contributed by atoms with Crippen molar-refractivity contribution in [3.63, 3.8) is 0 Å². The van der Waals surface area contributed by atoms with Crippen molar-refractivity contribution in [2.45, 2.75) is 45.6 Å². The summed E-state index contributed by atoms with van der Waals surface area (Å²) in [5, 5.41) is 8.15. The van der Waals surface area contributed by atoms with Crippen molar-refractivity contribution >= 4 is 27.4 Å². The lowest BCUT2D eigenvalue weighted by atomic mass is 9.87. The highest BCUT2D eigenvalue weighted by Crippen LogP contribution is 2.35. The molecule has 1 aliphatic carbocycles. The summed E-state index contributed by atoms with van der Waals surface area (Å²) in [5.41, 5.74) is 4.69. The fourth-order valence-electron chi connectivity index (χ4n) is 3.80. The third-order valence-electron chi connectivity index (χ3n) is 4.92. The molecule has 2 atom stereocenters. The van der Waals surface area contributed by atoms with Gasteiger partial charge in [0.25, 0.3) is 0 Å². The van der Waals surface area contributed by atoms with E-state index in [2.05, 4.69) is 53.8 Å². The van der Waals surface area contributed by atoms with Crippen LogP contribution in [0, 0.1) is 12.8 Å². The van der Waals surface area contributed by atoms with Gasteiger partial charge in [-0.15, -0.1) is 11.3 Å². The number of nitrogens with one attached hydrogen (secondary N) is 2. The van der Waals surface area contributed by atoms with Crippen LogP contribution in [0.4, 0.5) is 5.13 Å². The Labute approximate surface area is 141 Å². The maximum atomic E-state index is 4.87. The molecule has 4 rings (SSSR count). The van der Waals surface area contributed by atoms with Crippen LogP contribution in [0.5, 0.6) is 0 Å². The first-order valence-electron chi connectivity index (χ1n) is 8.50. The zero-order valence-electron chi connectivity index (χ0n) is 13.7. The number of aromatic nitrogens is 2. The lowest BCUT2D eigenvalue weighted by Crippen LogP contribution is -2.26. The Hall–Kier alpha value is -1.81. The van der Waals surface area contributed by atoms with Gasteiger partial charge in [-0.05, 0) is 31.7 Å². The smallest absolute Gasteiger partial charge is 0.183 e. The van der Waals surface area contributed by atoms with Crippen molar-refractivity contribution in [2.75, 3.05) is 5.32 Å². The molecule has 2 aromatic heterocycles. The Kier molecular flexibility index (Phi) is 3.85. The minimum absolute atomic E-state index is 0.585.